The summed E-state index contributed by atoms with van der Waals surface area (Å²) in [4.78, 5) is 4.69. The molecular weight excluding hydrogens is 791 g/mol. The molecule has 0 radical (unpaired) electrons. The molecule has 0 unspecified atom stereocenters. The summed E-state index contributed by atoms with van der Waals surface area (Å²) < 4.78 is 14.7. The summed E-state index contributed by atoms with van der Waals surface area (Å²) in [6.45, 7) is -0.208. The molecule has 0 bridgehead atoms. The number of rotatable bonds is 7. The van der Waals surface area contributed by atoms with E-state index in [1.54, 1.807) is 0 Å². The third-order valence-electron chi connectivity index (χ3n) is 13.1. The molecule has 0 saturated carbocycles. The van der Waals surface area contributed by atoms with Crippen molar-refractivity contribution in [3.63, 3.8) is 0 Å². The van der Waals surface area contributed by atoms with Crippen molar-refractivity contribution in [2.75, 3.05) is 9.80 Å². The summed E-state index contributed by atoms with van der Waals surface area (Å²) in [6.07, 6.45) is 0. The van der Waals surface area contributed by atoms with Crippen LogP contribution in [-0.2, 0) is 0 Å². The fraction of sp³-hybridized carbons (Fsp3) is 0. The van der Waals surface area contributed by atoms with Crippen LogP contribution in [0.2, 0.25) is 0 Å². The van der Waals surface area contributed by atoms with Crippen LogP contribution in [-0.4, -0.2) is 6.71 Å². The highest BCUT2D eigenvalue weighted by molar-refractivity contribution is 7.01. The van der Waals surface area contributed by atoms with Crippen molar-refractivity contribution in [2.24, 2.45) is 0 Å². The van der Waals surface area contributed by atoms with Gasteiger partial charge >= 0.3 is 0 Å². The van der Waals surface area contributed by atoms with Gasteiger partial charge < -0.3 is 19.3 Å². The maximum atomic E-state index is 7.33. The number of fused-ring (bicyclic) bond motifs is 9. The van der Waals surface area contributed by atoms with Crippen molar-refractivity contribution < 1.29 is 9.47 Å². The van der Waals surface area contributed by atoms with Crippen LogP contribution in [0.15, 0.2) is 237 Å². The minimum Gasteiger partial charge on any atom is -0.458 e. The van der Waals surface area contributed by atoms with Gasteiger partial charge in [-0.1, -0.05) is 158 Å². The van der Waals surface area contributed by atoms with Crippen LogP contribution in [0, 0.1) is 0 Å². The monoisotopic (exact) mass is 830 g/mol. The van der Waals surface area contributed by atoms with E-state index in [1.807, 2.05) is 0 Å². The Morgan fingerprint density at radius 2 is 0.646 bits per heavy atom. The lowest BCUT2D eigenvalue weighted by molar-refractivity contribution is 0.466. The molecule has 304 valence electrons. The van der Waals surface area contributed by atoms with Gasteiger partial charge in [-0.05, 0) is 110 Å². The van der Waals surface area contributed by atoms with Crippen LogP contribution >= 0.6 is 0 Å². The molecular formula is C60H39BN2O2. The normalized spacial score (nSPS) is 12.2. The SMILES string of the molecule is c1ccc(N(c2ccccc2)c2cc3c(c4ccccc24)B2c4c(cc(-c5ccc6ccccc6c5)cc4Oc4cc(N(c5ccccc5)c5ccccc5)c5ccccc5c42)O3)cc1. The Bertz CT molecular complexity index is 3340. The lowest BCUT2D eigenvalue weighted by Gasteiger charge is -2.37. The second-order valence-electron chi connectivity index (χ2n) is 16.8. The number of hydrogen-bond acceptors (Lipinski definition) is 4. The standard InChI is InChI=1S/C60H39BN2O2/c1-5-21-44(22-6-1)62(45-23-7-2-8-24-45)52-38-56-58(50-31-17-15-29-48(50)52)61-59-51-32-18-16-30-49(51)53(63(46-25-9-3-10-26-46)47-27-11-4-12-28-47)39-57(59)65-55-37-43(36-54(64-56)60(55)61)42-34-33-40-19-13-14-20-41(40)35-42/h1-39H. The second kappa shape index (κ2) is 15.1. The molecule has 2 aliphatic heterocycles. The van der Waals surface area contributed by atoms with Gasteiger partial charge in [0.1, 0.15) is 23.0 Å². The zero-order valence-electron chi connectivity index (χ0n) is 35.3. The van der Waals surface area contributed by atoms with Gasteiger partial charge in [-0.25, -0.2) is 0 Å². The van der Waals surface area contributed by atoms with Crippen LogP contribution < -0.4 is 35.7 Å². The topological polar surface area (TPSA) is 24.9 Å². The van der Waals surface area contributed by atoms with Crippen LogP contribution in [0.1, 0.15) is 0 Å². The van der Waals surface area contributed by atoms with E-state index in [4.69, 9.17) is 9.47 Å². The number of benzene rings is 11. The zero-order valence-corrected chi connectivity index (χ0v) is 35.3. The summed E-state index contributed by atoms with van der Waals surface area (Å²) in [5.41, 5.74) is 11.8. The predicted octanol–water partition coefficient (Wildman–Crippen LogP) is 14.5. The van der Waals surface area contributed by atoms with Crippen LogP contribution in [0.3, 0.4) is 0 Å². The van der Waals surface area contributed by atoms with Gasteiger partial charge in [0.15, 0.2) is 0 Å². The van der Waals surface area contributed by atoms with Crippen molar-refractivity contribution in [2.45, 2.75) is 0 Å². The summed E-state index contributed by atoms with van der Waals surface area (Å²) >= 11 is 0. The quantitative estimate of drug-likeness (QED) is 0.149. The van der Waals surface area contributed by atoms with E-state index >= 15 is 0 Å². The van der Waals surface area contributed by atoms with Crippen molar-refractivity contribution in [3.8, 4) is 34.1 Å². The van der Waals surface area contributed by atoms with Gasteiger partial charge in [0.05, 0.1) is 11.4 Å². The molecule has 4 nitrogen and oxygen atoms in total. The minimum atomic E-state index is -0.208. The first-order chi connectivity index (χ1) is 32.2. The Kier molecular flexibility index (Phi) is 8.60. The van der Waals surface area contributed by atoms with Gasteiger partial charge in [0.25, 0.3) is 6.71 Å². The number of nitrogens with zero attached hydrogens (tertiary/aromatic N) is 2. The molecule has 13 rings (SSSR count). The summed E-state index contributed by atoms with van der Waals surface area (Å²) in [5.74, 6) is 3.24. The van der Waals surface area contributed by atoms with Crippen molar-refractivity contribution in [1.29, 1.82) is 0 Å². The molecule has 0 aromatic heterocycles. The first kappa shape index (κ1) is 37.1. The number of hydrogen-bond donors (Lipinski definition) is 0. The Morgan fingerprint density at radius 1 is 0.277 bits per heavy atom. The summed E-state index contributed by atoms with van der Waals surface area (Å²) in [7, 11) is 0. The molecule has 11 aromatic rings. The molecule has 0 fully saturated rings. The summed E-state index contributed by atoms with van der Waals surface area (Å²) in [6, 6.07) is 84.2. The molecule has 0 aliphatic carbocycles. The lowest BCUT2D eigenvalue weighted by Crippen LogP contribution is -2.58. The lowest BCUT2D eigenvalue weighted by atomic mass is 9.33. The highest BCUT2D eigenvalue weighted by Gasteiger charge is 2.44. The Hall–Kier alpha value is -8.54. The van der Waals surface area contributed by atoms with E-state index in [0.717, 1.165) is 106 Å². The second-order valence-corrected chi connectivity index (χ2v) is 16.8. The molecule has 11 aromatic carbocycles. The van der Waals surface area contributed by atoms with E-state index in [0.29, 0.717) is 0 Å². The molecule has 65 heavy (non-hydrogen) atoms. The van der Waals surface area contributed by atoms with Gasteiger partial charge in [-0.2, -0.15) is 0 Å². The maximum Gasteiger partial charge on any atom is 0.262 e. The van der Waals surface area contributed by atoms with Gasteiger partial charge in [0, 0.05) is 51.1 Å². The molecule has 0 amide bonds. The van der Waals surface area contributed by atoms with E-state index in [2.05, 4.69) is 246 Å². The van der Waals surface area contributed by atoms with Crippen LogP contribution in [0.25, 0.3) is 43.4 Å². The Morgan fingerprint density at radius 3 is 1.09 bits per heavy atom. The molecule has 2 aliphatic rings. The Labute approximate surface area is 377 Å². The fourth-order valence-electron chi connectivity index (χ4n) is 10.3. The molecule has 0 N–H and O–H groups in total. The maximum absolute atomic E-state index is 7.33. The smallest absolute Gasteiger partial charge is 0.262 e. The number of ether oxygens (including phenoxy) is 2. The molecule has 0 spiro atoms. The first-order valence-electron chi connectivity index (χ1n) is 22.2. The largest absolute Gasteiger partial charge is 0.458 e. The summed E-state index contributed by atoms with van der Waals surface area (Å²) in [5, 5.41) is 6.92. The van der Waals surface area contributed by atoms with Gasteiger partial charge in [-0.15, -0.1) is 0 Å². The third kappa shape index (κ3) is 6.08. The highest BCUT2D eigenvalue weighted by Crippen LogP contribution is 2.48. The average molecular weight is 831 g/mol. The van der Waals surface area contributed by atoms with Crippen LogP contribution in [0.4, 0.5) is 34.1 Å². The van der Waals surface area contributed by atoms with Crippen molar-refractivity contribution in [1.82, 2.24) is 0 Å². The molecule has 0 atom stereocenters. The molecule has 0 saturated heterocycles. The molecule has 2 heterocycles. The fourth-order valence-corrected chi connectivity index (χ4v) is 10.3. The zero-order chi connectivity index (χ0) is 42.8. The van der Waals surface area contributed by atoms with E-state index < -0.39 is 0 Å². The van der Waals surface area contributed by atoms with Crippen molar-refractivity contribution in [3.05, 3.63) is 237 Å². The van der Waals surface area contributed by atoms with Gasteiger partial charge in [0.2, 0.25) is 0 Å². The van der Waals surface area contributed by atoms with E-state index in [-0.39, 0.29) is 6.71 Å². The first-order valence-corrected chi connectivity index (χ1v) is 22.2. The number of anilines is 6. The van der Waals surface area contributed by atoms with E-state index in [9.17, 15) is 0 Å². The number of para-hydroxylation sites is 4. The average Bonchev–Trinajstić information content (AvgIpc) is 3.37. The third-order valence-corrected chi connectivity index (χ3v) is 13.1. The van der Waals surface area contributed by atoms with Crippen molar-refractivity contribution >= 4 is 89.5 Å². The van der Waals surface area contributed by atoms with E-state index in [1.165, 1.54) is 10.8 Å². The Balaban J connectivity index is 1.11. The van der Waals surface area contributed by atoms with Gasteiger partial charge in [-0.3, -0.25) is 0 Å². The predicted molar refractivity (Wildman–Crippen MR) is 271 cm³/mol. The van der Waals surface area contributed by atoms with Crippen LogP contribution in [0.5, 0.6) is 23.0 Å². The highest BCUT2D eigenvalue weighted by atomic mass is 16.5. The molecule has 5 heteroatoms. The minimum absolute atomic E-state index is 0.208.